The fourth-order valence-electron chi connectivity index (χ4n) is 4.56. The van der Waals surface area contributed by atoms with Crippen molar-refractivity contribution in [3.63, 3.8) is 0 Å². The highest BCUT2D eigenvalue weighted by Gasteiger charge is 2.42. The average Bonchev–Trinajstić information content (AvgIpc) is 3.21. The van der Waals surface area contributed by atoms with Crippen molar-refractivity contribution in [3.05, 3.63) is 17.5 Å². The van der Waals surface area contributed by atoms with Gasteiger partial charge in [-0.1, -0.05) is 6.08 Å². The fourth-order valence-corrected chi connectivity index (χ4v) is 7.47. The molecule has 2 aliphatic carbocycles. The second-order valence-corrected chi connectivity index (χ2v) is 12.1. The fraction of sp³-hybridized carbons (Fsp3) is 0.750. The van der Waals surface area contributed by atoms with E-state index >= 15 is 0 Å². The predicted octanol–water partition coefficient (Wildman–Crippen LogP) is 3.64. The van der Waals surface area contributed by atoms with Crippen molar-refractivity contribution >= 4 is 32.3 Å². The van der Waals surface area contributed by atoms with Crippen molar-refractivity contribution in [2.45, 2.75) is 75.3 Å². The van der Waals surface area contributed by atoms with Crippen LogP contribution in [0.4, 0.5) is 5.13 Å². The largest absolute Gasteiger partial charge is 0.375 e. The Kier molecular flexibility index (Phi) is 5.24. The van der Waals surface area contributed by atoms with Gasteiger partial charge in [-0.3, -0.25) is 4.79 Å². The van der Waals surface area contributed by atoms with Crippen molar-refractivity contribution in [2.24, 2.45) is 4.36 Å². The molecule has 1 unspecified atom stereocenters. The van der Waals surface area contributed by atoms with Gasteiger partial charge in [0.05, 0.1) is 15.3 Å². The predicted molar refractivity (Wildman–Crippen MR) is 114 cm³/mol. The first-order valence-electron chi connectivity index (χ1n) is 10.7. The molecule has 3 fully saturated rings. The maximum absolute atomic E-state index is 13.1. The highest BCUT2D eigenvalue weighted by Crippen LogP contribution is 2.40. The molecule has 0 aromatic carbocycles. The van der Waals surface area contributed by atoms with Crippen LogP contribution in [0.15, 0.2) is 16.0 Å². The summed E-state index contributed by atoms with van der Waals surface area (Å²) >= 11 is 1.45. The van der Waals surface area contributed by atoms with Crippen LogP contribution in [0.5, 0.6) is 0 Å². The molecule has 2 saturated heterocycles. The number of allylic oxidation sites excluding steroid dienone is 1. The molecule has 29 heavy (non-hydrogen) atoms. The average molecular weight is 437 g/mol. The summed E-state index contributed by atoms with van der Waals surface area (Å²) in [5.74, 6) is 2.20. The Morgan fingerprint density at radius 1 is 1.31 bits per heavy atom. The van der Waals surface area contributed by atoms with Gasteiger partial charge in [0.15, 0.2) is 0 Å². The minimum absolute atomic E-state index is 0.254. The van der Waals surface area contributed by atoms with E-state index in [9.17, 15) is 9.00 Å². The van der Waals surface area contributed by atoms with Crippen LogP contribution in [0.3, 0.4) is 0 Å². The summed E-state index contributed by atoms with van der Waals surface area (Å²) in [5, 5.41) is 4.46. The molecule has 2 aliphatic heterocycles. The summed E-state index contributed by atoms with van der Waals surface area (Å²) < 4.78 is 28.0. The number of aromatic nitrogens is 2. The summed E-state index contributed by atoms with van der Waals surface area (Å²) in [5.41, 5.74) is 0.486. The van der Waals surface area contributed by atoms with E-state index < -0.39 is 9.73 Å². The first kappa shape index (κ1) is 19.6. The molecule has 3 heterocycles. The van der Waals surface area contributed by atoms with Crippen molar-refractivity contribution in [1.29, 1.82) is 0 Å². The smallest absolute Gasteiger partial charge is 0.280 e. The van der Waals surface area contributed by atoms with Crippen LogP contribution < -0.4 is 5.32 Å². The quantitative estimate of drug-likeness (QED) is 0.774. The molecular formula is C20H28N4O3S2. The summed E-state index contributed by atoms with van der Waals surface area (Å²) in [7, 11) is -2.46. The van der Waals surface area contributed by atoms with Crippen LogP contribution in [0, 0.1) is 0 Å². The SMILES string of the molecule is O=C(N=S1(=O)CCC2(CC1)CC(Nc1nc(C3CC3)ns1)CCO2)C1=CCCC1. The van der Waals surface area contributed by atoms with Crippen molar-refractivity contribution in [2.75, 3.05) is 23.4 Å². The summed E-state index contributed by atoms with van der Waals surface area (Å²) in [4.78, 5) is 17.0. The molecule has 1 N–H and O–H groups in total. The molecule has 158 valence electrons. The molecule has 5 rings (SSSR count). The lowest BCUT2D eigenvalue weighted by molar-refractivity contribution is -0.114. The van der Waals surface area contributed by atoms with Gasteiger partial charge in [-0.25, -0.2) is 9.19 Å². The zero-order valence-electron chi connectivity index (χ0n) is 16.6. The second-order valence-electron chi connectivity index (χ2n) is 8.80. The lowest BCUT2D eigenvalue weighted by atomic mass is 9.85. The number of nitrogens with one attached hydrogen (secondary N) is 1. The van der Waals surface area contributed by atoms with Crippen LogP contribution in [0.25, 0.3) is 0 Å². The third kappa shape index (κ3) is 4.41. The van der Waals surface area contributed by atoms with Gasteiger partial charge in [0, 0.05) is 47.2 Å². The van der Waals surface area contributed by atoms with E-state index in [1.54, 1.807) is 0 Å². The van der Waals surface area contributed by atoms with Crippen LogP contribution in [0.2, 0.25) is 0 Å². The summed E-state index contributed by atoms with van der Waals surface area (Å²) in [6.45, 7) is 0.691. The molecule has 1 aromatic rings. The number of amides is 1. The number of ether oxygens (including phenoxy) is 1. The Morgan fingerprint density at radius 2 is 2.14 bits per heavy atom. The van der Waals surface area contributed by atoms with Gasteiger partial charge in [-0.15, -0.1) is 0 Å². The number of rotatable bonds is 4. The van der Waals surface area contributed by atoms with E-state index in [2.05, 4.69) is 19.0 Å². The number of hydrogen-bond acceptors (Lipinski definition) is 7. The lowest BCUT2D eigenvalue weighted by Gasteiger charge is -2.44. The molecule has 1 aromatic heterocycles. The molecule has 9 heteroatoms. The van der Waals surface area contributed by atoms with Crippen LogP contribution in [-0.2, 0) is 19.3 Å². The first-order valence-corrected chi connectivity index (χ1v) is 13.4. The number of carbonyl (C=O) groups excluding carboxylic acids is 1. The lowest BCUT2D eigenvalue weighted by Crippen LogP contribution is -2.49. The van der Waals surface area contributed by atoms with Crippen molar-refractivity contribution in [1.82, 2.24) is 9.36 Å². The number of nitrogens with zero attached hydrogens (tertiary/aromatic N) is 3. The van der Waals surface area contributed by atoms with Gasteiger partial charge in [0.1, 0.15) is 5.82 Å². The monoisotopic (exact) mass is 436 g/mol. The standard InChI is InChI=1S/C20H28N4O3S2/c25-18(15-3-1-2-4-15)24-29(26)11-8-20(9-12-29)13-16(7-10-27-20)21-19-22-17(23-28-19)14-5-6-14/h3,14,16H,1-2,4-13H2,(H,21,22,23). The van der Waals surface area contributed by atoms with E-state index in [1.807, 2.05) is 6.08 Å². The third-order valence-corrected chi connectivity index (χ3v) is 9.37. The highest BCUT2D eigenvalue weighted by atomic mass is 32.2. The second kappa shape index (κ2) is 7.74. The summed E-state index contributed by atoms with van der Waals surface area (Å²) in [6.07, 6.45) is 10.3. The Labute approximate surface area is 176 Å². The Hall–Kier alpha value is -1.32. The van der Waals surface area contributed by atoms with Crippen molar-refractivity contribution < 1.29 is 13.7 Å². The molecule has 4 aliphatic rings. The first-order chi connectivity index (χ1) is 14.0. The van der Waals surface area contributed by atoms with Gasteiger partial charge < -0.3 is 10.1 Å². The topological polar surface area (TPSA) is 93.5 Å². The zero-order chi connectivity index (χ0) is 19.9. The zero-order valence-corrected chi connectivity index (χ0v) is 18.2. The maximum Gasteiger partial charge on any atom is 0.280 e. The van der Waals surface area contributed by atoms with Gasteiger partial charge in [-0.05, 0) is 57.8 Å². The van der Waals surface area contributed by atoms with Crippen LogP contribution in [-0.4, -0.2) is 49.2 Å². The van der Waals surface area contributed by atoms with Gasteiger partial charge in [-0.2, -0.15) is 8.74 Å². The maximum atomic E-state index is 13.1. The van der Waals surface area contributed by atoms with Gasteiger partial charge >= 0.3 is 0 Å². The molecule has 1 spiro atoms. The van der Waals surface area contributed by atoms with E-state index in [0.29, 0.717) is 42.9 Å². The highest BCUT2D eigenvalue weighted by molar-refractivity contribution is 7.93. The molecule has 1 amide bonds. The van der Waals surface area contributed by atoms with Crippen LogP contribution in [0.1, 0.15) is 69.5 Å². The molecule has 0 bridgehead atoms. The minimum Gasteiger partial charge on any atom is -0.375 e. The van der Waals surface area contributed by atoms with E-state index in [0.717, 1.165) is 48.6 Å². The van der Waals surface area contributed by atoms with E-state index in [-0.39, 0.29) is 11.5 Å². The minimum atomic E-state index is -2.46. The van der Waals surface area contributed by atoms with Gasteiger partial charge in [0.2, 0.25) is 5.13 Å². The Balaban J connectivity index is 1.21. The molecule has 0 radical (unpaired) electrons. The third-order valence-electron chi connectivity index (χ3n) is 6.52. The van der Waals surface area contributed by atoms with Crippen molar-refractivity contribution in [3.8, 4) is 0 Å². The summed E-state index contributed by atoms with van der Waals surface area (Å²) in [6, 6.07) is 0.292. The Bertz CT molecular complexity index is 929. The van der Waals surface area contributed by atoms with E-state index in [4.69, 9.17) is 4.74 Å². The van der Waals surface area contributed by atoms with E-state index in [1.165, 1.54) is 24.4 Å². The van der Waals surface area contributed by atoms with Crippen LogP contribution >= 0.6 is 11.5 Å². The molecular weight excluding hydrogens is 408 g/mol. The number of carbonyl (C=O) groups is 1. The normalized spacial score (nSPS) is 34.8. The number of hydrogen-bond donors (Lipinski definition) is 1. The Morgan fingerprint density at radius 3 is 2.86 bits per heavy atom. The molecule has 1 atom stereocenters. The molecule has 1 saturated carbocycles. The van der Waals surface area contributed by atoms with Gasteiger partial charge in [0.25, 0.3) is 5.91 Å². The number of anilines is 1. The molecule has 7 nitrogen and oxygen atoms in total.